The van der Waals surface area contributed by atoms with Gasteiger partial charge in [0.05, 0.1) is 6.20 Å². The summed E-state index contributed by atoms with van der Waals surface area (Å²) in [5.41, 5.74) is 0.478. The molecule has 1 aliphatic rings. The first kappa shape index (κ1) is 16.7. The summed E-state index contributed by atoms with van der Waals surface area (Å²) in [6.45, 7) is 7.62. The molecule has 5 heteroatoms. The lowest BCUT2D eigenvalue weighted by atomic mass is 9.94. The summed E-state index contributed by atoms with van der Waals surface area (Å²) in [6, 6.07) is 5.71. The van der Waals surface area contributed by atoms with E-state index in [2.05, 4.69) is 25.8 Å². The van der Waals surface area contributed by atoms with Crippen molar-refractivity contribution in [2.75, 3.05) is 13.1 Å². The van der Waals surface area contributed by atoms with Crippen LogP contribution in [0.15, 0.2) is 34.9 Å². The number of hydrogen-bond acceptors (Lipinski definition) is 3. The summed E-state index contributed by atoms with van der Waals surface area (Å²) >= 11 is 0. The van der Waals surface area contributed by atoms with Gasteiger partial charge in [-0.2, -0.15) is 0 Å². The van der Waals surface area contributed by atoms with Crippen molar-refractivity contribution in [2.45, 2.75) is 44.9 Å². The Kier molecular flexibility index (Phi) is 4.43. The molecule has 0 radical (unpaired) electrons. The highest BCUT2D eigenvalue weighted by molar-refractivity contribution is 5.94. The van der Waals surface area contributed by atoms with E-state index in [1.165, 1.54) is 24.3 Å². The Hall–Kier alpha value is -2.17. The number of carbonyl (C=O) groups excluding carboxylic acids is 1. The number of hydrogen-bond donors (Lipinski definition) is 0. The van der Waals surface area contributed by atoms with Crippen LogP contribution in [0.2, 0.25) is 0 Å². The lowest BCUT2D eigenvalue weighted by Crippen LogP contribution is -2.38. The number of benzene rings is 1. The SMILES string of the molecule is CC(C)(C)c1cnc(C2CCN(C(=O)c3ccc(F)cc3)CC2)o1. The second kappa shape index (κ2) is 6.38. The first-order valence-corrected chi connectivity index (χ1v) is 8.35. The Morgan fingerprint density at radius 2 is 1.83 bits per heavy atom. The Labute approximate surface area is 141 Å². The zero-order valence-corrected chi connectivity index (χ0v) is 14.4. The van der Waals surface area contributed by atoms with Crippen LogP contribution in [-0.2, 0) is 5.41 Å². The summed E-state index contributed by atoms with van der Waals surface area (Å²) < 4.78 is 18.9. The fraction of sp³-hybridized carbons (Fsp3) is 0.474. The number of halogens is 1. The van der Waals surface area contributed by atoms with Crippen LogP contribution < -0.4 is 0 Å². The van der Waals surface area contributed by atoms with Crippen molar-refractivity contribution in [3.8, 4) is 0 Å². The molecule has 0 spiro atoms. The van der Waals surface area contributed by atoms with E-state index < -0.39 is 0 Å². The molecule has 3 rings (SSSR count). The fourth-order valence-corrected chi connectivity index (χ4v) is 2.93. The van der Waals surface area contributed by atoms with Crippen molar-refractivity contribution in [2.24, 2.45) is 0 Å². The topological polar surface area (TPSA) is 46.3 Å². The van der Waals surface area contributed by atoms with Crippen LogP contribution in [0.1, 0.15) is 61.5 Å². The Morgan fingerprint density at radius 1 is 1.21 bits per heavy atom. The number of aromatic nitrogens is 1. The van der Waals surface area contributed by atoms with Crippen molar-refractivity contribution in [3.05, 3.63) is 53.5 Å². The second-order valence-corrected chi connectivity index (χ2v) is 7.39. The number of carbonyl (C=O) groups is 1. The summed E-state index contributed by atoms with van der Waals surface area (Å²) in [6.07, 6.45) is 3.47. The molecule has 1 aromatic heterocycles. The van der Waals surface area contributed by atoms with Gasteiger partial charge in [-0.25, -0.2) is 9.37 Å². The summed E-state index contributed by atoms with van der Waals surface area (Å²) in [7, 11) is 0. The molecule has 24 heavy (non-hydrogen) atoms. The van der Waals surface area contributed by atoms with Gasteiger partial charge in [0.15, 0.2) is 5.89 Å². The molecule has 0 unspecified atom stereocenters. The normalized spacial score (nSPS) is 16.4. The zero-order chi connectivity index (χ0) is 17.3. The minimum absolute atomic E-state index is 0.0452. The summed E-state index contributed by atoms with van der Waals surface area (Å²) in [5, 5.41) is 0. The van der Waals surface area contributed by atoms with E-state index in [-0.39, 0.29) is 23.1 Å². The maximum Gasteiger partial charge on any atom is 0.253 e. The van der Waals surface area contributed by atoms with Crippen LogP contribution in [-0.4, -0.2) is 28.9 Å². The largest absolute Gasteiger partial charge is 0.445 e. The minimum Gasteiger partial charge on any atom is -0.445 e. The van der Waals surface area contributed by atoms with Crippen LogP contribution in [0, 0.1) is 5.82 Å². The van der Waals surface area contributed by atoms with Crippen molar-refractivity contribution < 1.29 is 13.6 Å². The zero-order valence-electron chi connectivity index (χ0n) is 14.4. The quantitative estimate of drug-likeness (QED) is 0.832. The molecule has 1 fully saturated rings. The molecule has 1 aromatic carbocycles. The molecule has 1 aliphatic heterocycles. The average molecular weight is 330 g/mol. The van der Waals surface area contributed by atoms with E-state index in [4.69, 9.17) is 4.42 Å². The van der Waals surface area contributed by atoms with Gasteiger partial charge in [-0.15, -0.1) is 0 Å². The monoisotopic (exact) mass is 330 g/mol. The van der Waals surface area contributed by atoms with Crippen LogP contribution in [0.25, 0.3) is 0 Å². The Balaban J connectivity index is 1.62. The second-order valence-electron chi connectivity index (χ2n) is 7.39. The van der Waals surface area contributed by atoms with Gasteiger partial charge >= 0.3 is 0 Å². The van der Waals surface area contributed by atoms with Crippen LogP contribution in [0.3, 0.4) is 0 Å². The molecular formula is C19H23FN2O2. The Morgan fingerprint density at radius 3 is 2.38 bits per heavy atom. The van der Waals surface area contributed by atoms with Gasteiger partial charge in [0.25, 0.3) is 5.91 Å². The third-order valence-electron chi connectivity index (χ3n) is 4.49. The van der Waals surface area contributed by atoms with Crippen molar-refractivity contribution in [1.82, 2.24) is 9.88 Å². The van der Waals surface area contributed by atoms with Gasteiger partial charge in [-0.3, -0.25) is 4.79 Å². The van der Waals surface area contributed by atoms with Gasteiger partial charge < -0.3 is 9.32 Å². The molecule has 1 saturated heterocycles. The lowest BCUT2D eigenvalue weighted by Gasteiger charge is -2.30. The van der Waals surface area contributed by atoms with E-state index in [1.807, 2.05) is 11.1 Å². The number of likely N-dealkylation sites (tertiary alicyclic amines) is 1. The van der Waals surface area contributed by atoms with Crippen molar-refractivity contribution >= 4 is 5.91 Å². The van der Waals surface area contributed by atoms with Crippen LogP contribution in [0.5, 0.6) is 0 Å². The number of rotatable bonds is 2. The molecule has 0 atom stereocenters. The van der Waals surface area contributed by atoms with Gasteiger partial charge in [-0.1, -0.05) is 20.8 Å². The lowest BCUT2D eigenvalue weighted by molar-refractivity contribution is 0.0705. The van der Waals surface area contributed by atoms with Crippen molar-refractivity contribution in [1.29, 1.82) is 0 Å². The maximum atomic E-state index is 13.0. The number of oxazole rings is 1. The first-order valence-electron chi connectivity index (χ1n) is 8.35. The molecule has 128 valence electrons. The first-order chi connectivity index (χ1) is 11.3. The molecule has 0 bridgehead atoms. The summed E-state index contributed by atoms with van der Waals surface area (Å²) in [5.74, 6) is 1.54. The molecule has 1 amide bonds. The number of nitrogens with zero attached hydrogens (tertiary/aromatic N) is 2. The van der Waals surface area contributed by atoms with E-state index in [9.17, 15) is 9.18 Å². The van der Waals surface area contributed by atoms with Crippen LogP contribution in [0.4, 0.5) is 4.39 Å². The molecular weight excluding hydrogens is 307 g/mol. The maximum absolute atomic E-state index is 13.0. The standard InChI is InChI=1S/C19H23FN2O2/c1-19(2,3)16-12-21-17(24-16)13-8-10-22(11-9-13)18(23)14-4-6-15(20)7-5-14/h4-7,12-13H,8-11H2,1-3H3. The highest BCUT2D eigenvalue weighted by Gasteiger charge is 2.28. The third kappa shape index (κ3) is 3.50. The fourth-order valence-electron chi connectivity index (χ4n) is 2.93. The third-order valence-corrected chi connectivity index (χ3v) is 4.49. The molecule has 2 heterocycles. The number of amides is 1. The van der Waals surface area contributed by atoms with E-state index in [0.29, 0.717) is 18.7 Å². The average Bonchev–Trinajstić information content (AvgIpc) is 3.05. The highest BCUT2D eigenvalue weighted by Crippen LogP contribution is 2.31. The van der Waals surface area contributed by atoms with Crippen molar-refractivity contribution in [3.63, 3.8) is 0 Å². The predicted molar refractivity (Wildman–Crippen MR) is 89.5 cm³/mol. The highest BCUT2D eigenvalue weighted by atomic mass is 19.1. The van der Waals surface area contributed by atoms with Gasteiger partial charge in [0.1, 0.15) is 11.6 Å². The van der Waals surface area contributed by atoms with E-state index in [1.54, 1.807) is 0 Å². The predicted octanol–water partition coefficient (Wildman–Crippen LogP) is 4.13. The van der Waals surface area contributed by atoms with Gasteiger partial charge in [-0.05, 0) is 37.1 Å². The van der Waals surface area contributed by atoms with Gasteiger partial charge in [0.2, 0.25) is 0 Å². The Bertz CT molecular complexity index is 708. The smallest absolute Gasteiger partial charge is 0.253 e. The molecule has 2 aromatic rings. The number of piperidine rings is 1. The van der Waals surface area contributed by atoms with E-state index in [0.717, 1.165) is 24.5 Å². The molecule has 0 saturated carbocycles. The minimum atomic E-state index is -0.330. The molecule has 0 N–H and O–H groups in total. The molecule has 4 nitrogen and oxygen atoms in total. The summed E-state index contributed by atoms with van der Waals surface area (Å²) in [4.78, 5) is 18.7. The van der Waals surface area contributed by atoms with Crippen LogP contribution >= 0.6 is 0 Å². The van der Waals surface area contributed by atoms with E-state index >= 15 is 0 Å². The molecule has 0 aliphatic carbocycles. The van der Waals surface area contributed by atoms with Gasteiger partial charge in [0, 0.05) is 30.0 Å².